The van der Waals surface area contributed by atoms with Crippen molar-refractivity contribution >= 4 is 38.8 Å². The summed E-state index contributed by atoms with van der Waals surface area (Å²) in [6.45, 7) is 3.31. The minimum Gasteiger partial charge on any atom is -0.329 e. The fourth-order valence-corrected chi connectivity index (χ4v) is 4.44. The van der Waals surface area contributed by atoms with Gasteiger partial charge in [0.05, 0.1) is 12.7 Å². The molecule has 29 heavy (non-hydrogen) atoms. The van der Waals surface area contributed by atoms with Crippen molar-refractivity contribution in [2.75, 3.05) is 11.9 Å². The fourth-order valence-electron chi connectivity index (χ4n) is 3.55. The number of rotatable bonds is 6. The Morgan fingerprint density at radius 1 is 0.966 bits per heavy atom. The highest BCUT2D eigenvalue weighted by Gasteiger charge is 2.18. The molecule has 0 aliphatic carbocycles. The first-order valence-corrected chi connectivity index (χ1v) is 10.6. The van der Waals surface area contributed by atoms with Crippen LogP contribution < -0.4 is 9.80 Å². The number of anilines is 2. The SMILES string of the molecule is CC(=O)N(c1ccccc1)c1nc(C[NH+](C)Cc2ccc3ccccc3c2)cs1. The molecule has 1 heterocycles. The Morgan fingerprint density at radius 3 is 2.45 bits per heavy atom. The molecular weight excluding hydrogens is 378 g/mol. The lowest BCUT2D eigenvalue weighted by atomic mass is 10.1. The Balaban J connectivity index is 1.47. The molecule has 1 N–H and O–H groups in total. The molecule has 0 aliphatic heterocycles. The first-order chi connectivity index (χ1) is 14.1. The molecule has 0 spiro atoms. The van der Waals surface area contributed by atoms with E-state index < -0.39 is 0 Å². The number of hydrogen-bond acceptors (Lipinski definition) is 3. The van der Waals surface area contributed by atoms with Gasteiger partial charge in [-0.1, -0.05) is 54.6 Å². The van der Waals surface area contributed by atoms with Crippen LogP contribution in [0.3, 0.4) is 0 Å². The van der Waals surface area contributed by atoms with Crippen LogP contribution in [0.15, 0.2) is 78.2 Å². The van der Waals surface area contributed by atoms with Gasteiger partial charge in [-0.15, -0.1) is 11.3 Å². The Morgan fingerprint density at radius 2 is 1.69 bits per heavy atom. The molecule has 3 aromatic carbocycles. The second kappa shape index (κ2) is 8.55. The molecule has 1 amide bonds. The van der Waals surface area contributed by atoms with Crippen LogP contribution in [0.2, 0.25) is 0 Å². The van der Waals surface area contributed by atoms with E-state index in [1.807, 2.05) is 30.3 Å². The van der Waals surface area contributed by atoms with Gasteiger partial charge in [-0.05, 0) is 29.0 Å². The van der Waals surface area contributed by atoms with Gasteiger partial charge in [-0.2, -0.15) is 0 Å². The van der Waals surface area contributed by atoms with E-state index >= 15 is 0 Å². The molecule has 4 nitrogen and oxygen atoms in total. The molecule has 0 saturated carbocycles. The summed E-state index contributed by atoms with van der Waals surface area (Å²) in [5.41, 5.74) is 3.16. The molecule has 1 aromatic heterocycles. The second-order valence-corrected chi connectivity index (χ2v) is 8.14. The first kappa shape index (κ1) is 19.3. The van der Waals surface area contributed by atoms with E-state index in [1.165, 1.54) is 32.6 Å². The molecule has 1 unspecified atom stereocenters. The van der Waals surface area contributed by atoms with Crippen LogP contribution in [0.25, 0.3) is 10.8 Å². The van der Waals surface area contributed by atoms with Gasteiger partial charge in [0.25, 0.3) is 0 Å². The maximum absolute atomic E-state index is 12.2. The number of carbonyl (C=O) groups excluding carboxylic acids is 1. The second-order valence-electron chi connectivity index (χ2n) is 7.30. The number of benzene rings is 3. The third-order valence-electron chi connectivity index (χ3n) is 4.86. The van der Waals surface area contributed by atoms with E-state index in [1.54, 1.807) is 11.8 Å². The van der Waals surface area contributed by atoms with Crippen LogP contribution in [0.5, 0.6) is 0 Å². The topological polar surface area (TPSA) is 37.6 Å². The highest BCUT2D eigenvalue weighted by Crippen LogP contribution is 2.28. The zero-order valence-corrected chi connectivity index (χ0v) is 17.4. The zero-order chi connectivity index (χ0) is 20.2. The van der Waals surface area contributed by atoms with E-state index in [2.05, 4.69) is 54.9 Å². The summed E-state index contributed by atoms with van der Waals surface area (Å²) in [5, 5.41) is 5.31. The maximum Gasteiger partial charge on any atom is 0.230 e. The summed E-state index contributed by atoms with van der Waals surface area (Å²) in [4.78, 5) is 20.0. The lowest BCUT2D eigenvalue weighted by Gasteiger charge is -2.18. The molecule has 0 bridgehead atoms. The van der Waals surface area contributed by atoms with Gasteiger partial charge < -0.3 is 4.90 Å². The van der Waals surface area contributed by atoms with Gasteiger partial charge in [0.15, 0.2) is 5.13 Å². The quantitative estimate of drug-likeness (QED) is 0.525. The average molecular weight is 403 g/mol. The monoisotopic (exact) mass is 402 g/mol. The van der Waals surface area contributed by atoms with Gasteiger partial charge in [-0.3, -0.25) is 9.69 Å². The number of nitrogens with zero attached hydrogens (tertiary/aromatic N) is 2. The number of para-hydroxylation sites is 1. The summed E-state index contributed by atoms with van der Waals surface area (Å²) in [7, 11) is 2.17. The van der Waals surface area contributed by atoms with E-state index in [0.717, 1.165) is 29.6 Å². The summed E-state index contributed by atoms with van der Waals surface area (Å²) >= 11 is 1.51. The number of nitrogens with one attached hydrogen (secondary N) is 1. The van der Waals surface area contributed by atoms with Crippen molar-refractivity contribution in [1.29, 1.82) is 0 Å². The fraction of sp³-hybridized carbons (Fsp3) is 0.167. The Hall–Kier alpha value is -3.02. The standard InChI is InChI=1S/C24H23N3OS/c1-18(28)27(23-10-4-3-5-11-23)24-25-22(17-29-24)16-26(2)15-19-12-13-20-8-6-7-9-21(20)14-19/h3-14,17H,15-16H2,1-2H3/p+1. The summed E-state index contributed by atoms with van der Waals surface area (Å²) in [6, 6.07) is 24.8. The van der Waals surface area contributed by atoms with Gasteiger partial charge in [0.2, 0.25) is 5.91 Å². The molecule has 0 aliphatic rings. The average Bonchev–Trinajstić information content (AvgIpc) is 3.16. The molecule has 0 fully saturated rings. The molecule has 146 valence electrons. The molecule has 5 heteroatoms. The molecule has 1 atom stereocenters. The number of quaternary nitrogens is 1. The molecule has 0 saturated heterocycles. The van der Waals surface area contributed by atoms with Crippen LogP contribution in [0, 0.1) is 0 Å². The van der Waals surface area contributed by atoms with Crippen LogP contribution >= 0.6 is 11.3 Å². The minimum atomic E-state index is -0.0334. The van der Waals surface area contributed by atoms with Crippen molar-refractivity contribution in [2.45, 2.75) is 20.0 Å². The predicted octanol–water partition coefficient (Wildman–Crippen LogP) is 4.20. The number of aromatic nitrogens is 1. The van der Waals surface area contributed by atoms with Crippen molar-refractivity contribution in [1.82, 2.24) is 4.98 Å². The number of fused-ring (bicyclic) bond motifs is 1. The van der Waals surface area contributed by atoms with Crippen LogP contribution in [-0.2, 0) is 17.9 Å². The Bertz CT molecular complexity index is 1120. The van der Waals surface area contributed by atoms with E-state index in [0.29, 0.717) is 0 Å². The molecular formula is C24H24N3OS+. The lowest BCUT2D eigenvalue weighted by molar-refractivity contribution is -0.908. The highest BCUT2D eigenvalue weighted by atomic mass is 32.1. The number of carbonyl (C=O) groups is 1. The van der Waals surface area contributed by atoms with Crippen LogP contribution in [0.4, 0.5) is 10.8 Å². The van der Waals surface area contributed by atoms with Crippen molar-refractivity contribution in [3.63, 3.8) is 0 Å². The number of thiazole rings is 1. The summed E-state index contributed by atoms with van der Waals surface area (Å²) in [6.07, 6.45) is 0. The van der Waals surface area contributed by atoms with Gasteiger partial charge in [0.1, 0.15) is 18.8 Å². The van der Waals surface area contributed by atoms with Crippen molar-refractivity contribution in [3.8, 4) is 0 Å². The summed E-state index contributed by atoms with van der Waals surface area (Å²) < 4.78 is 0. The predicted molar refractivity (Wildman–Crippen MR) is 120 cm³/mol. The largest absolute Gasteiger partial charge is 0.329 e. The van der Waals surface area contributed by atoms with E-state index in [9.17, 15) is 4.79 Å². The third-order valence-corrected chi connectivity index (χ3v) is 5.74. The van der Waals surface area contributed by atoms with Gasteiger partial charge in [0, 0.05) is 17.9 Å². The smallest absolute Gasteiger partial charge is 0.230 e. The molecule has 4 rings (SSSR count). The van der Waals surface area contributed by atoms with Crippen LogP contribution in [-0.4, -0.2) is 17.9 Å². The third kappa shape index (κ3) is 4.53. The highest BCUT2D eigenvalue weighted by molar-refractivity contribution is 7.14. The van der Waals surface area contributed by atoms with Crippen molar-refractivity contribution in [2.24, 2.45) is 0 Å². The molecule has 4 aromatic rings. The zero-order valence-electron chi connectivity index (χ0n) is 16.6. The Kier molecular flexibility index (Phi) is 5.69. The minimum absolute atomic E-state index is 0.0334. The Labute approximate surface area is 175 Å². The maximum atomic E-state index is 12.2. The van der Waals surface area contributed by atoms with E-state index in [4.69, 9.17) is 4.98 Å². The normalized spacial score (nSPS) is 12.1. The van der Waals surface area contributed by atoms with Gasteiger partial charge >= 0.3 is 0 Å². The summed E-state index contributed by atoms with van der Waals surface area (Å²) in [5.74, 6) is -0.0334. The van der Waals surface area contributed by atoms with Crippen LogP contribution in [0.1, 0.15) is 18.2 Å². The van der Waals surface area contributed by atoms with Crippen molar-refractivity contribution < 1.29 is 9.69 Å². The van der Waals surface area contributed by atoms with Gasteiger partial charge in [-0.25, -0.2) is 4.98 Å². The number of hydrogen-bond donors (Lipinski definition) is 1. The van der Waals surface area contributed by atoms with E-state index in [-0.39, 0.29) is 5.91 Å². The lowest BCUT2D eigenvalue weighted by Crippen LogP contribution is -3.06. The first-order valence-electron chi connectivity index (χ1n) is 9.69. The van der Waals surface area contributed by atoms with Crippen molar-refractivity contribution in [3.05, 3.63) is 89.4 Å². The number of amides is 1. The molecule has 0 radical (unpaired) electrons.